The van der Waals surface area contributed by atoms with E-state index in [0.29, 0.717) is 12.8 Å². The summed E-state index contributed by atoms with van der Waals surface area (Å²) >= 11 is 0. The van der Waals surface area contributed by atoms with Crippen LogP contribution in [-0.2, 0) is 14.8 Å². The third kappa shape index (κ3) is 2.66. The average Bonchev–Trinajstić information content (AvgIpc) is 2.88. The molecule has 1 unspecified atom stereocenters. The van der Waals surface area contributed by atoms with Crippen molar-refractivity contribution in [3.63, 3.8) is 0 Å². The van der Waals surface area contributed by atoms with E-state index in [-0.39, 0.29) is 22.9 Å². The lowest BCUT2D eigenvalue weighted by Crippen LogP contribution is -2.43. The van der Waals surface area contributed by atoms with Crippen LogP contribution in [0.15, 0.2) is 17.0 Å². The van der Waals surface area contributed by atoms with Crippen LogP contribution in [0, 0.1) is 5.82 Å². The van der Waals surface area contributed by atoms with E-state index in [0.717, 1.165) is 16.4 Å². The van der Waals surface area contributed by atoms with E-state index >= 15 is 0 Å². The number of benzene rings is 1. The Labute approximate surface area is 121 Å². The summed E-state index contributed by atoms with van der Waals surface area (Å²) in [5.74, 6) is -1.83. The fourth-order valence-corrected chi connectivity index (χ4v) is 4.11. The Hall–Kier alpha value is -1.87. The van der Waals surface area contributed by atoms with Crippen LogP contribution in [0.4, 0.5) is 10.1 Å². The van der Waals surface area contributed by atoms with Gasteiger partial charge >= 0.3 is 0 Å². The van der Waals surface area contributed by atoms with Crippen molar-refractivity contribution < 1.29 is 22.3 Å². The molecule has 0 saturated carbocycles. The maximum absolute atomic E-state index is 13.8. The molecule has 0 radical (unpaired) electrons. The number of nitrogens with two attached hydrogens (primary N) is 2. The number of amides is 1. The van der Waals surface area contributed by atoms with Crippen LogP contribution in [0.5, 0.6) is 5.75 Å². The zero-order valence-electron chi connectivity index (χ0n) is 11.4. The molecule has 0 aliphatic carbocycles. The van der Waals surface area contributed by atoms with Gasteiger partial charge in [0.15, 0.2) is 11.6 Å². The number of hydrogen-bond donors (Lipinski definition) is 2. The number of hydrogen-bond acceptors (Lipinski definition) is 5. The first-order valence-electron chi connectivity index (χ1n) is 6.23. The largest absolute Gasteiger partial charge is 0.492 e. The Balaban J connectivity index is 2.47. The molecule has 2 rings (SSSR count). The van der Waals surface area contributed by atoms with Gasteiger partial charge in [-0.05, 0) is 25.0 Å². The molecule has 21 heavy (non-hydrogen) atoms. The number of rotatable bonds is 4. The van der Waals surface area contributed by atoms with Gasteiger partial charge in [0.05, 0.1) is 17.7 Å². The highest BCUT2D eigenvalue weighted by atomic mass is 32.2. The molecule has 4 N–H and O–H groups in total. The topological polar surface area (TPSA) is 116 Å². The fourth-order valence-electron chi connectivity index (χ4n) is 2.40. The summed E-state index contributed by atoms with van der Waals surface area (Å²) in [5.41, 5.74) is 10.7. The molecule has 1 amide bonds. The highest BCUT2D eigenvalue weighted by Gasteiger charge is 2.38. The van der Waals surface area contributed by atoms with E-state index in [1.807, 2.05) is 0 Å². The monoisotopic (exact) mass is 317 g/mol. The molecule has 1 aliphatic heterocycles. The summed E-state index contributed by atoms with van der Waals surface area (Å²) in [5, 5.41) is 0. The Morgan fingerprint density at radius 2 is 2.14 bits per heavy atom. The number of halogens is 1. The Morgan fingerprint density at radius 3 is 2.67 bits per heavy atom. The standard InChI is InChI=1S/C12H16FN3O4S/c1-20-11-8(13)5-7(6-9(11)14)21(18,19)16-4-2-3-10(16)12(15)17/h5-6,10H,2-4,14H2,1H3,(H2,15,17). The molecule has 1 heterocycles. The molecular formula is C12H16FN3O4S. The first-order chi connectivity index (χ1) is 9.78. The molecule has 1 atom stereocenters. The maximum atomic E-state index is 13.8. The van der Waals surface area contributed by atoms with Crippen LogP contribution in [-0.4, -0.2) is 38.3 Å². The van der Waals surface area contributed by atoms with Gasteiger partial charge in [-0.2, -0.15) is 4.31 Å². The lowest BCUT2D eigenvalue weighted by Gasteiger charge is -2.22. The highest BCUT2D eigenvalue weighted by molar-refractivity contribution is 7.89. The van der Waals surface area contributed by atoms with Crippen LogP contribution < -0.4 is 16.2 Å². The summed E-state index contributed by atoms with van der Waals surface area (Å²) in [7, 11) is -2.82. The number of sulfonamides is 1. The summed E-state index contributed by atoms with van der Waals surface area (Å²) in [6.45, 7) is 0.156. The molecule has 0 aromatic heterocycles. The van der Waals surface area contributed by atoms with Gasteiger partial charge < -0.3 is 16.2 Å². The van der Waals surface area contributed by atoms with Crippen LogP contribution in [0.1, 0.15) is 12.8 Å². The molecule has 1 aromatic carbocycles. The van der Waals surface area contributed by atoms with Crippen molar-refractivity contribution in [2.24, 2.45) is 5.73 Å². The maximum Gasteiger partial charge on any atom is 0.243 e. The molecule has 116 valence electrons. The van der Waals surface area contributed by atoms with E-state index in [9.17, 15) is 17.6 Å². The van der Waals surface area contributed by atoms with Crippen molar-refractivity contribution in [1.29, 1.82) is 0 Å². The minimum Gasteiger partial charge on any atom is -0.492 e. The lowest BCUT2D eigenvalue weighted by atomic mass is 10.2. The molecule has 1 fully saturated rings. The van der Waals surface area contributed by atoms with Crippen molar-refractivity contribution in [3.05, 3.63) is 17.9 Å². The number of ether oxygens (including phenoxy) is 1. The zero-order chi connectivity index (χ0) is 15.8. The zero-order valence-corrected chi connectivity index (χ0v) is 12.2. The Morgan fingerprint density at radius 1 is 1.48 bits per heavy atom. The number of primary amides is 1. The van der Waals surface area contributed by atoms with Crippen LogP contribution >= 0.6 is 0 Å². The lowest BCUT2D eigenvalue weighted by molar-refractivity contribution is -0.121. The summed E-state index contributed by atoms with van der Waals surface area (Å²) < 4.78 is 44.5. The molecule has 7 nitrogen and oxygen atoms in total. The third-order valence-electron chi connectivity index (χ3n) is 3.39. The minimum atomic E-state index is -4.05. The minimum absolute atomic E-state index is 0.133. The molecule has 1 aliphatic rings. The highest BCUT2D eigenvalue weighted by Crippen LogP contribution is 2.32. The molecule has 1 saturated heterocycles. The fraction of sp³-hybridized carbons (Fsp3) is 0.417. The first-order valence-corrected chi connectivity index (χ1v) is 7.67. The van der Waals surface area contributed by atoms with Gasteiger partial charge in [0.25, 0.3) is 0 Å². The Bertz CT molecular complexity index is 654. The van der Waals surface area contributed by atoms with E-state index in [4.69, 9.17) is 16.2 Å². The quantitative estimate of drug-likeness (QED) is 0.762. The van der Waals surface area contributed by atoms with E-state index in [1.54, 1.807) is 0 Å². The number of anilines is 1. The molecular weight excluding hydrogens is 301 g/mol. The Kier molecular flexibility index (Phi) is 4.06. The SMILES string of the molecule is COc1c(N)cc(S(=O)(=O)N2CCCC2C(N)=O)cc1F. The second kappa shape index (κ2) is 5.49. The van der Waals surface area contributed by atoms with Gasteiger partial charge in [0.2, 0.25) is 15.9 Å². The van der Waals surface area contributed by atoms with Gasteiger partial charge in [0, 0.05) is 6.54 Å². The number of carbonyl (C=O) groups excluding carboxylic acids is 1. The first kappa shape index (κ1) is 15.5. The smallest absolute Gasteiger partial charge is 0.243 e. The van der Waals surface area contributed by atoms with Crippen molar-refractivity contribution in [1.82, 2.24) is 4.31 Å². The summed E-state index contributed by atoms with van der Waals surface area (Å²) in [6, 6.07) is 1.01. The average molecular weight is 317 g/mol. The molecule has 9 heteroatoms. The van der Waals surface area contributed by atoms with Crippen molar-refractivity contribution in [2.75, 3.05) is 19.4 Å². The van der Waals surface area contributed by atoms with Gasteiger partial charge in [-0.15, -0.1) is 0 Å². The van der Waals surface area contributed by atoms with Crippen molar-refractivity contribution in [2.45, 2.75) is 23.8 Å². The number of nitrogens with zero attached hydrogens (tertiary/aromatic N) is 1. The second-order valence-corrected chi connectivity index (χ2v) is 6.59. The van der Waals surface area contributed by atoms with E-state index in [2.05, 4.69) is 0 Å². The predicted molar refractivity (Wildman–Crippen MR) is 73.5 cm³/mol. The number of nitrogen functional groups attached to an aromatic ring is 1. The van der Waals surface area contributed by atoms with Gasteiger partial charge in [-0.3, -0.25) is 4.79 Å². The van der Waals surface area contributed by atoms with E-state index in [1.165, 1.54) is 7.11 Å². The van der Waals surface area contributed by atoms with Gasteiger partial charge in [0.1, 0.15) is 6.04 Å². The third-order valence-corrected chi connectivity index (χ3v) is 5.27. The normalized spacial score (nSPS) is 19.6. The van der Waals surface area contributed by atoms with Crippen LogP contribution in [0.3, 0.4) is 0 Å². The predicted octanol–water partition coefficient (Wildman–Crippen LogP) is 0.0549. The van der Waals surface area contributed by atoms with Crippen LogP contribution in [0.2, 0.25) is 0 Å². The van der Waals surface area contributed by atoms with Crippen molar-refractivity contribution in [3.8, 4) is 5.75 Å². The van der Waals surface area contributed by atoms with Gasteiger partial charge in [-0.1, -0.05) is 0 Å². The van der Waals surface area contributed by atoms with Crippen molar-refractivity contribution >= 4 is 21.6 Å². The number of carbonyl (C=O) groups is 1. The molecule has 1 aromatic rings. The van der Waals surface area contributed by atoms with E-state index < -0.39 is 27.8 Å². The number of methoxy groups -OCH3 is 1. The molecule has 0 spiro atoms. The second-order valence-electron chi connectivity index (χ2n) is 4.70. The van der Waals surface area contributed by atoms with Gasteiger partial charge in [-0.25, -0.2) is 12.8 Å². The summed E-state index contributed by atoms with van der Waals surface area (Å²) in [4.78, 5) is 11.0. The summed E-state index contributed by atoms with van der Waals surface area (Å²) in [6.07, 6.45) is 0.865. The molecule has 0 bridgehead atoms. The van der Waals surface area contributed by atoms with Crippen LogP contribution in [0.25, 0.3) is 0 Å².